The highest BCUT2D eigenvalue weighted by Crippen LogP contribution is 2.37. The van der Waals surface area contributed by atoms with Gasteiger partial charge in [0, 0.05) is 0 Å². The topological polar surface area (TPSA) is 131 Å². The van der Waals surface area contributed by atoms with Crippen LogP contribution < -0.4 is 11.2 Å². The SMILES string of the molecule is O=c1[nH]c(=O)n([C@H]2CC[C@@H](COP(=O)(O)O)O2)cc1F. The lowest BCUT2D eigenvalue weighted by atomic mass is 10.2. The fourth-order valence-corrected chi connectivity index (χ4v) is 2.23. The van der Waals surface area contributed by atoms with E-state index in [1.807, 2.05) is 0 Å². The fraction of sp³-hybridized carbons (Fsp3) is 0.556. The van der Waals surface area contributed by atoms with Gasteiger partial charge in [-0.15, -0.1) is 0 Å². The predicted octanol–water partition coefficient (Wildman–Crippen LogP) is -0.537. The summed E-state index contributed by atoms with van der Waals surface area (Å²) in [5.74, 6) is -1.12. The molecule has 0 amide bonds. The second-order valence-corrected chi connectivity index (χ2v) is 5.46. The second kappa shape index (κ2) is 5.58. The summed E-state index contributed by atoms with van der Waals surface area (Å²) in [7, 11) is -4.59. The number of H-pyrrole nitrogens is 1. The van der Waals surface area contributed by atoms with Gasteiger partial charge in [0.05, 0.1) is 18.9 Å². The Morgan fingerprint density at radius 2 is 2.20 bits per heavy atom. The Bertz CT molecular complexity index is 650. The molecule has 1 aliphatic rings. The number of hydrogen-bond donors (Lipinski definition) is 3. The molecule has 2 atom stereocenters. The highest BCUT2D eigenvalue weighted by atomic mass is 31.2. The van der Waals surface area contributed by atoms with E-state index in [1.54, 1.807) is 4.98 Å². The van der Waals surface area contributed by atoms with Crippen LogP contribution in [0.3, 0.4) is 0 Å². The summed E-state index contributed by atoms with van der Waals surface area (Å²) in [6.45, 7) is -0.346. The van der Waals surface area contributed by atoms with Gasteiger partial charge in [0.25, 0.3) is 5.56 Å². The van der Waals surface area contributed by atoms with Crippen LogP contribution in [0.5, 0.6) is 0 Å². The molecule has 9 nitrogen and oxygen atoms in total. The third kappa shape index (κ3) is 3.62. The molecule has 20 heavy (non-hydrogen) atoms. The third-order valence-corrected chi connectivity index (χ3v) is 3.23. The molecule has 3 N–H and O–H groups in total. The Kier molecular flexibility index (Phi) is 4.21. The van der Waals surface area contributed by atoms with E-state index in [4.69, 9.17) is 14.5 Å². The van der Waals surface area contributed by atoms with Crippen molar-refractivity contribution in [1.82, 2.24) is 9.55 Å². The van der Waals surface area contributed by atoms with Crippen molar-refractivity contribution >= 4 is 7.82 Å². The molecular formula is C9H12FN2O7P. The molecule has 11 heteroatoms. The van der Waals surface area contributed by atoms with E-state index in [-0.39, 0.29) is 6.61 Å². The first kappa shape index (κ1) is 15.1. The molecule has 112 valence electrons. The van der Waals surface area contributed by atoms with Gasteiger partial charge in [-0.1, -0.05) is 0 Å². The average Bonchev–Trinajstić information content (AvgIpc) is 2.79. The number of halogens is 1. The summed E-state index contributed by atoms with van der Waals surface area (Å²) in [6, 6.07) is 0. The molecule has 0 saturated carbocycles. The van der Waals surface area contributed by atoms with Gasteiger partial charge in [-0.05, 0) is 12.8 Å². The zero-order valence-electron chi connectivity index (χ0n) is 10.1. The number of rotatable bonds is 4. The van der Waals surface area contributed by atoms with Crippen molar-refractivity contribution < 1.29 is 28.0 Å². The van der Waals surface area contributed by atoms with E-state index < -0.39 is 37.2 Å². The van der Waals surface area contributed by atoms with Crippen molar-refractivity contribution in [3.63, 3.8) is 0 Å². The van der Waals surface area contributed by atoms with Crippen LogP contribution in [-0.2, 0) is 13.8 Å². The molecule has 0 radical (unpaired) electrons. The summed E-state index contributed by atoms with van der Waals surface area (Å²) in [5.41, 5.74) is -1.94. The van der Waals surface area contributed by atoms with Gasteiger partial charge in [0.15, 0.2) is 0 Å². The van der Waals surface area contributed by atoms with Crippen LogP contribution in [0.1, 0.15) is 19.1 Å². The van der Waals surface area contributed by atoms with Crippen LogP contribution in [0.2, 0.25) is 0 Å². The van der Waals surface area contributed by atoms with Gasteiger partial charge >= 0.3 is 13.5 Å². The molecule has 0 spiro atoms. The molecule has 1 aliphatic heterocycles. The Balaban J connectivity index is 2.06. The van der Waals surface area contributed by atoms with Crippen LogP contribution in [0, 0.1) is 5.82 Å². The third-order valence-electron chi connectivity index (χ3n) is 2.75. The zero-order chi connectivity index (χ0) is 14.9. The number of phosphoric acid groups is 1. The zero-order valence-corrected chi connectivity index (χ0v) is 11.0. The Morgan fingerprint density at radius 1 is 1.50 bits per heavy atom. The van der Waals surface area contributed by atoms with E-state index in [1.165, 1.54) is 0 Å². The second-order valence-electron chi connectivity index (χ2n) is 4.22. The largest absolute Gasteiger partial charge is 0.469 e. The van der Waals surface area contributed by atoms with E-state index in [2.05, 4.69) is 4.52 Å². The summed E-state index contributed by atoms with van der Waals surface area (Å²) in [6.07, 6.45) is -0.0232. The predicted molar refractivity (Wildman–Crippen MR) is 62.4 cm³/mol. The summed E-state index contributed by atoms with van der Waals surface area (Å²) < 4.78 is 34.2. The van der Waals surface area contributed by atoms with Crippen molar-refractivity contribution in [3.05, 3.63) is 32.9 Å². The summed E-state index contributed by atoms with van der Waals surface area (Å²) >= 11 is 0. The van der Waals surface area contributed by atoms with Crippen molar-refractivity contribution in [1.29, 1.82) is 0 Å². The van der Waals surface area contributed by atoms with Gasteiger partial charge in [-0.3, -0.25) is 18.9 Å². The molecule has 0 bridgehead atoms. The average molecular weight is 310 g/mol. The minimum atomic E-state index is -4.59. The summed E-state index contributed by atoms with van der Waals surface area (Å²) in [4.78, 5) is 41.3. The number of ether oxygens (including phenoxy) is 1. The molecule has 2 rings (SSSR count). The molecular weight excluding hydrogens is 298 g/mol. The lowest BCUT2D eigenvalue weighted by molar-refractivity contribution is -0.0248. The van der Waals surface area contributed by atoms with Crippen molar-refractivity contribution in [2.45, 2.75) is 25.2 Å². The quantitative estimate of drug-likeness (QED) is 0.637. The minimum Gasteiger partial charge on any atom is -0.352 e. The number of nitrogens with one attached hydrogen (secondary N) is 1. The number of phosphoric ester groups is 1. The van der Waals surface area contributed by atoms with Gasteiger partial charge in [-0.2, -0.15) is 4.39 Å². The van der Waals surface area contributed by atoms with Crippen LogP contribution in [0.15, 0.2) is 15.8 Å². The highest BCUT2D eigenvalue weighted by molar-refractivity contribution is 7.46. The normalized spacial score (nSPS) is 23.1. The number of aromatic nitrogens is 2. The molecule has 0 aromatic carbocycles. The maximum Gasteiger partial charge on any atom is 0.469 e. The molecule has 0 unspecified atom stereocenters. The van der Waals surface area contributed by atoms with Gasteiger partial charge < -0.3 is 14.5 Å². The number of nitrogens with zero attached hydrogens (tertiary/aromatic N) is 1. The van der Waals surface area contributed by atoms with Gasteiger partial charge in [0.2, 0.25) is 5.82 Å². The van der Waals surface area contributed by atoms with Crippen molar-refractivity contribution in [3.8, 4) is 0 Å². The Labute approximate surface area is 111 Å². The highest BCUT2D eigenvalue weighted by Gasteiger charge is 2.29. The van der Waals surface area contributed by atoms with Crippen molar-refractivity contribution in [2.24, 2.45) is 0 Å². The number of aromatic amines is 1. The van der Waals surface area contributed by atoms with Crippen molar-refractivity contribution in [2.75, 3.05) is 6.61 Å². The van der Waals surface area contributed by atoms with E-state index in [0.717, 1.165) is 10.8 Å². The summed E-state index contributed by atoms with van der Waals surface area (Å²) in [5, 5.41) is 0. The minimum absolute atomic E-state index is 0.320. The molecule has 1 aromatic heterocycles. The van der Waals surface area contributed by atoms with Crippen LogP contribution in [-0.4, -0.2) is 32.0 Å². The molecule has 1 fully saturated rings. The van der Waals surface area contributed by atoms with Gasteiger partial charge in [0.1, 0.15) is 6.23 Å². The molecule has 1 aromatic rings. The molecule has 1 saturated heterocycles. The Morgan fingerprint density at radius 3 is 2.85 bits per heavy atom. The fourth-order valence-electron chi connectivity index (χ4n) is 1.87. The lowest BCUT2D eigenvalue weighted by Crippen LogP contribution is -2.34. The van der Waals surface area contributed by atoms with Crippen LogP contribution >= 0.6 is 7.82 Å². The van der Waals surface area contributed by atoms with E-state index >= 15 is 0 Å². The smallest absolute Gasteiger partial charge is 0.352 e. The number of hydrogen-bond acceptors (Lipinski definition) is 5. The maximum atomic E-state index is 13.1. The maximum absolute atomic E-state index is 13.1. The first-order chi connectivity index (χ1) is 9.26. The first-order valence-corrected chi connectivity index (χ1v) is 7.16. The molecule has 2 heterocycles. The van der Waals surface area contributed by atoms with E-state index in [9.17, 15) is 18.5 Å². The van der Waals surface area contributed by atoms with Crippen LogP contribution in [0.25, 0.3) is 0 Å². The molecule has 0 aliphatic carbocycles. The van der Waals surface area contributed by atoms with E-state index in [0.29, 0.717) is 12.8 Å². The van der Waals surface area contributed by atoms with Crippen LogP contribution in [0.4, 0.5) is 4.39 Å². The van der Waals surface area contributed by atoms with Gasteiger partial charge in [-0.25, -0.2) is 9.36 Å². The first-order valence-electron chi connectivity index (χ1n) is 5.63. The lowest BCUT2D eigenvalue weighted by Gasteiger charge is -2.15. The monoisotopic (exact) mass is 310 g/mol. The Hall–Kier alpha value is -1.32. The standard InChI is InChI=1S/C9H12FN2O7P/c10-6-3-12(9(14)11-8(6)13)7-2-1-5(19-7)4-18-20(15,16)17/h3,5,7H,1-2,4H2,(H,11,13,14)(H2,15,16,17)/t5-,7+/m0/s1.